The van der Waals surface area contributed by atoms with Gasteiger partial charge in [-0.25, -0.2) is 23.9 Å². The highest BCUT2D eigenvalue weighted by Gasteiger charge is 2.54. The number of hydrogen-bond acceptors (Lipinski definition) is 17. The van der Waals surface area contributed by atoms with E-state index in [1.165, 1.54) is 39.0 Å². The molecule has 0 spiro atoms. The van der Waals surface area contributed by atoms with Gasteiger partial charge in [0.15, 0.2) is 36.2 Å². The molecule has 3 aliphatic heterocycles. The Bertz CT molecular complexity index is 2400. The van der Waals surface area contributed by atoms with Gasteiger partial charge in [-0.05, 0) is 118 Å². The van der Waals surface area contributed by atoms with Gasteiger partial charge >= 0.3 is 24.0 Å². The molecule has 406 valence electrons. The van der Waals surface area contributed by atoms with Crippen LogP contribution in [0.15, 0.2) is 91.0 Å². The number of nitrogens with zero attached hydrogens (tertiary/aromatic N) is 3. The number of esters is 3. The highest BCUT2D eigenvalue weighted by atomic mass is 16.7. The van der Waals surface area contributed by atoms with Crippen molar-refractivity contribution in [2.75, 3.05) is 28.3 Å². The fraction of sp³-hybridized carbons (Fsp3) is 0.607. The van der Waals surface area contributed by atoms with E-state index in [1.807, 2.05) is 45.8 Å². The lowest BCUT2D eigenvalue weighted by Gasteiger charge is -2.50. The maximum absolute atomic E-state index is 15.1. The van der Waals surface area contributed by atoms with Gasteiger partial charge in [0.2, 0.25) is 0 Å². The molecule has 0 saturated carbocycles. The smallest absolute Gasteiger partial charge is 0.420 e. The molecule has 0 N–H and O–H groups in total. The zero-order valence-electron chi connectivity index (χ0n) is 45.4. The molecule has 74 heavy (non-hydrogen) atoms. The molecule has 16 atom stereocenters. The minimum Gasteiger partial charge on any atom is -0.457 e. The van der Waals surface area contributed by atoms with Crippen LogP contribution in [0.2, 0.25) is 0 Å². The molecule has 1 aromatic heterocycles. The Labute approximate surface area is 435 Å². The summed E-state index contributed by atoms with van der Waals surface area (Å²) in [6.07, 6.45) is -2.97. The van der Waals surface area contributed by atoms with E-state index in [9.17, 15) is 19.2 Å². The minimum absolute atomic E-state index is 0.0410. The average molecular weight is 1030 g/mol. The Kier molecular flexibility index (Phi) is 19.2. The summed E-state index contributed by atoms with van der Waals surface area (Å²) in [6, 6.07) is 16.9. The Morgan fingerprint density at radius 1 is 0.797 bits per heavy atom. The summed E-state index contributed by atoms with van der Waals surface area (Å²) < 4.78 is 66.4. The molecular weight excluding hydrogens is 955 g/mol. The number of imidazole rings is 1. The fourth-order valence-electron chi connectivity index (χ4n) is 10.8. The van der Waals surface area contributed by atoms with Crippen molar-refractivity contribution in [2.45, 2.75) is 173 Å². The number of ether oxygens (including phenoxy) is 10. The minimum atomic E-state index is -1.66. The molecule has 2 unspecified atom stereocenters. The summed E-state index contributed by atoms with van der Waals surface area (Å²) in [5.41, 5.74) is -3.23. The third kappa shape index (κ3) is 13.2. The van der Waals surface area contributed by atoms with Gasteiger partial charge in [0.25, 0.3) is 0 Å². The Balaban J connectivity index is 1.47. The molecule has 0 aliphatic carbocycles. The second kappa shape index (κ2) is 24.6. The zero-order chi connectivity index (χ0) is 54.3. The van der Waals surface area contributed by atoms with E-state index < -0.39 is 108 Å². The second-order valence-electron chi connectivity index (χ2n) is 21.0. The van der Waals surface area contributed by atoms with Crippen molar-refractivity contribution >= 4 is 29.8 Å². The van der Waals surface area contributed by atoms with Crippen LogP contribution in [-0.4, -0.2) is 151 Å². The number of ketones is 1. The zero-order valence-corrected chi connectivity index (χ0v) is 45.4. The van der Waals surface area contributed by atoms with Gasteiger partial charge in [0, 0.05) is 44.9 Å². The predicted molar refractivity (Wildman–Crippen MR) is 271 cm³/mol. The second-order valence-corrected chi connectivity index (χ2v) is 21.0. The first-order valence-electron chi connectivity index (χ1n) is 25.5. The molecule has 0 amide bonds. The summed E-state index contributed by atoms with van der Waals surface area (Å²) in [7, 11) is 6.83. The maximum Gasteiger partial charge on any atom is 0.420 e. The van der Waals surface area contributed by atoms with E-state index in [-0.39, 0.29) is 42.8 Å². The summed E-state index contributed by atoms with van der Waals surface area (Å²) >= 11 is 0. The third-order valence-corrected chi connectivity index (χ3v) is 15.0. The number of carbonyl (C=O) groups is 5. The number of Topliss-reactive ketones (excluding diaryl/α,β-unsaturated/α-hetero) is 1. The Morgan fingerprint density at radius 3 is 1.95 bits per heavy atom. The normalized spacial score (nSPS) is 36.1. The van der Waals surface area contributed by atoms with Crippen LogP contribution in [0.5, 0.6) is 0 Å². The number of likely N-dealkylation sites (N-methyl/N-ethyl adjacent to an activating group) is 1. The van der Waals surface area contributed by atoms with Gasteiger partial charge in [0.1, 0.15) is 18.0 Å². The van der Waals surface area contributed by atoms with E-state index in [0.29, 0.717) is 17.5 Å². The molecule has 3 aromatic rings. The van der Waals surface area contributed by atoms with Crippen LogP contribution >= 0.6 is 0 Å². The summed E-state index contributed by atoms with van der Waals surface area (Å²) in [5, 5.41) is 0. The SMILES string of the molecule is CCC1OC(=O)[C@H](C)C(O[C@H]2C[C@@](C)(OC)[C@@H](OC(=O)c3ccccc3)[C@H](C)O2)[C@H](C)[C@@H](O[C@H]2O[C@H](C)C[C@H](N(C)C)[C@H]2OC(=O)c2ccccc2)[C@](C)(OC)C[C@@H](C)C(=O)/C(C)=C/[C@]1(C)OC(=O)n1ccnc1. The van der Waals surface area contributed by atoms with E-state index in [0.717, 1.165) is 4.57 Å². The van der Waals surface area contributed by atoms with Gasteiger partial charge in [-0.2, -0.15) is 0 Å². The molecule has 3 aliphatic rings. The number of rotatable bonds is 13. The molecule has 0 radical (unpaired) electrons. The largest absolute Gasteiger partial charge is 0.457 e. The summed E-state index contributed by atoms with van der Waals surface area (Å²) in [6.45, 7) is 17.6. The maximum atomic E-state index is 15.1. The van der Waals surface area contributed by atoms with Crippen LogP contribution in [0, 0.1) is 17.8 Å². The Hall–Kier alpha value is -5.34. The van der Waals surface area contributed by atoms with Crippen molar-refractivity contribution < 1.29 is 71.3 Å². The van der Waals surface area contributed by atoms with Crippen molar-refractivity contribution in [1.29, 1.82) is 0 Å². The number of aromatic nitrogens is 2. The molecule has 2 saturated heterocycles. The molecule has 2 aromatic carbocycles. The highest BCUT2D eigenvalue weighted by Crippen LogP contribution is 2.42. The van der Waals surface area contributed by atoms with E-state index >= 15 is 4.79 Å². The number of allylic oxidation sites excluding steroid dienone is 1. The number of methoxy groups -OCH3 is 2. The van der Waals surface area contributed by atoms with Crippen molar-refractivity contribution in [3.8, 4) is 0 Å². The van der Waals surface area contributed by atoms with Crippen molar-refractivity contribution in [1.82, 2.24) is 14.5 Å². The van der Waals surface area contributed by atoms with E-state index in [4.69, 9.17) is 47.4 Å². The lowest BCUT2D eigenvalue weighted by Crippen LogP contribution is -2.61. The summed E-state index contributed by atoms with van der Waals surface area (Å²) in [5.74, 6) is -4.85. The number of benzene rings is 2. The van der Waals surface area contributed by atoms with Gasteiger partial charge in [-0.15, -0.1) is 0 Å². The standard InChI is InChI=1S/C56H77N3O15/c1-15-42-54(8,74-53(64)59-27-26-57-32-59)29-33(2)44(60)34(3)30-55(9,65-13)47(73-52-46(41(58(11)12)28-35(4)67-52)71-50(62)39-22-18-16-19-23-39)36(5)45(37(6)49(61)69-42)70-43-31-56(10,66-14)48(38(7)68-43)72-51(63)40-24-20-17-21-25-40/h16-27,29,32,34-38,41-43,45-48,52H,15,28,30-31H2,1-14H3/b33-29+/t34-,35-,36+,37-,38+,41+,42?,43+,45?,46-,47-,48+,52-,54+,55-,56-/m1/s1. The predicted octanol–water partition coefficient (Wildman–Crippen LogP) is 8.01. The van der Waals surface area contributed by atoms with E-state index in [1.54, 1.807) is 103 Å². The Morgan fingerprint density at radius 2 is 1.39 bits per heavy atom. The topological polar surface area (TPSA) is 199 Å². The lowest BCUT2D eigenvalue weighted by atomic mass is 9.76. The van der Waals surface area contributed by atoms with Crippen molar-refractivity contribution in [3.63, 3.8) is 0 Å². The van der Waals surface area contributed by atoms with Crippen molar-refractivity contribution in [2.24, 2.45) is 17.8 Å². The highest BCUT2D eigenvalue weighted by molar-refractivity contribution is 5.96. The van der Waals surface area contributed by atoms with Gasteiger partial charge in [0.05, 0.1) is 53.1 Å². The monoisotopic (exact) mass is 1030 g/mol. The molecule has 18 heteroatoms. The number of hydrogen-bond donors (Lipinski definition) is 0. The fourth-order valence-corrected chi connectivity index (χ4v) is 10.8. The molecular formula is C56H77N3O15. The van der Waals surface area contributed by atoms with Crippen LogP contribution in [-0.2, 0) is 57.0 Å². The van der Waals surface area contributed by atoms with E-state index in [2.05, 4.69) is 4.98 Å². The molecule has 0 bridgehead atoms. The van der Waals surface area contributed by atoms with Crippen molar-refractivity contribution in [3.05, 3.63) is 102 Å². The summed E-state index contributed by atoms with van der Waals surface area (Å²) in [4.78, 5) is 76.8. The number of carbonyl (C=O) groups excluding carboxylic acids is 5. The van der Waals surface area contributed by atoms with Crippen LogP contribution in [0.3, 0.4) is 0 Å². The quantitative estimate of drug-likeness (QED) is 0.118. The average Bonchev–Trinajstić information content (AvgIpc) is 3.93. The van der Waals surface area contributed by atoms with Crippen LogP contribution in [0.25, 0.3) is 0 Å². The number of cyclic esters (lactones) is 1. The molecule has 2 fully saturated rings. The lowest BCUT2D eigenvalue weighted by molar-refractivity contribution is -0.318. The molecule has 6 rings (SSSR count). The van der Waals surface area contributed by atoms with Gasteiger partial charge in [-0.3, -0.25) is 9.59 Å². The van der Waals surface area contributed by atoms with Crippen LogP contribution < -0.4 is 0 Å². The van der Waals surface area contributed by atoms with Gasteiger partial charge in [-0.1, -0.05) is 57.2 Å². The van der Waals surface area contributed by atoms with Gasteiger partial charge < -0.3 is 52.3 Å². The first kappa shape index (κ1) is 57.9. The van der Waals surface area contributed by atoms with Crippen LogP contribution in [0.4, 0.5) is 4.79 Å². The first-order chi connectivity index (χ1) is 35.0. The third-order valence-electron chi connectivity index (χ3n) is 15.0. The molecule has 18 nitrogen and oxygen atoms in total. The first-order valence-corrected chi connectivity index (χ1v) is 25.5. The van der Waals surface area contributed by atoms with Crippen LogP contribution in [0.1, 0.15) is 116 Å². The molecule has 4 heterocycles.